The number of pyridine rings is 1. The fourth-order valence-corrected chi connectivity index (χ4v) is 2.24. The average molecular weight is 288 g/mol. The summed E-state index contributed by atoms with van der Waals surface area (Å²) < 4.78 is 13.9. The summed E-state index contributed by atoms with van der Waals surface area (Å²) in [6.07, 6.45) is 3.36. The van der Waals surface area contributed by atoms with Crippen LogP contribution in [0.3, 0.4) is 0 Å². The molecule has 2 aromatic carbocycles. The minimum Gasteiger partial charge on any atom is -0.398 e. The maximum absolute atomic E-state index is 13.9. The van der Waals surface area contributed by atoms with Crippen molar-refractivity contribution < 1.29 is 4.39 Å². The van der Waals surface area contributed by atoms with Gasteiger partial charge >= 0.3 is 0 Å². The summed E-state index contributed by atoms with van der Waals surface area (Å²) in [7, 11) is 0. The Kier molecular flexibility index (Phi) is 3.16. The van der Waals surface area contributed by atoms with Gasteiger partial charge in [-0.1, -0.05) is 17.7 Å². The molecular weight excluding hydrogens is 277 g/mol. The van der Waals surface area contributed by atoms with Crippen LogP contribution in [0.25, 0.3) is 10.8 Å². The van der Waals surface area contributed by atoms with Crippen molar-refractivity contribution >= 4 is 39.4 Å². The zero-order valence-electron chi connectivity index (χ0n) is 10.4. The van der Waals surface area contributed by atoms with Crippen molar-refractivity contribution in [1.29, 1.82) is 0 Å². The zero-order chi connectivity index (χ0) is 14.1. The summed E-state index contributed by atoms with van der Waals surface area (Å²) in [4.78, 5) is 4.08. The summed E-state index contributed by atoms with van der Waals surface area (Å²) in [6.45, 7) is 0. The number of fused-ring (bicyclic) bond motifs is 1. The fourth-order valence-electron chi connectivity index (χ4n) is 2.07. The second-order valence-corrected chi connectivity index (χ2v) is 4.76. The Morgan fingerprint density at radius 2 is 1.90 bits per heavy atom. The quantitative estimate of drug-likeness (QED) is 0.689. The van der Waals surface area contributed by atoms with Crippen molar-refractivity contribution in [3.8, 4) is 0 Å². The molecule has 3 nitrogen and oxygen atoms in total. The minimum absolute atomic E-state index is 0.0767. The number of hydrogen-bond acceptors (Lipinski definition) is 3. The Balaban J connectivity index is 2.12. The van der Waals surface area contributed by atoms with E-state index in [0.29, 0.717) is 11.4 Å². The number of nitrogen functional groups attached to an aromatic ring is 1. The molecule has 0 spiro atoms. The van der Waals surface area contributed by atoms with Gasteiger partial charge in [-0.3, -0.25) is 4.98 Å². The first-order chi connectivity index (χ1) is 9.66. The molecule has 0 radical (unpaired) electrons. The molecule has 0 aliphatic heterocycles. The molecule has 0 amide bonds. The Labute approximate surface area is 120 Å². The van der Waals surface area contributed by atoms with Crippen molar-refractivity contribution in [2.24, 2.45) is 0 Å². The molecule has 0 aliphatic carbocycles. The first kappa shape index (κ1) is 12.7. The molecule has 3 N–H and O–H groups in total. The number of nitrogens with two attached hydrogens (primary N) is 1. The van der Waals surface area contributed by atoms with Gasteiger partial charge in [0.15, 0.2) is 5.82 Å². The number of rotatable bonds is 2. The van der Waals surface area contributed by atoms with E-state index < -0.39 is 5.82 Å². The van der Waals surface area contributed by atoms with Crippen LogP contribution in [-0.4, -0.2) is 4.98 Å². The lowest BCUT2D eigenvalue weighted by Crippen LogP contribution is -1.97. The molecule has 100 valence electrons. The lowest BCUT2D eigenvalue weighted by Gasteiger charge is -2.12. The van der Waals surface area contributed by atoms with E-state index in [0.717, 1.165) is 16.5 Å². The third kappa shape index (κ3) is 2.14. The summed E-state index contributed by atoms with van der Waals surface area (Å²) in [6, 6.07) is 10.2. The minimum atomic E-state index is -0.483. The van der Waals surface area contributed by atoms with E-state index in [1.807, 2.05) is 6.07 Å². The Morgan fingerprint density at radius 1 is 1.05 bits per heavy atom. The molecule has 1 aromatic heterocycles. The molecule has 0 saturated carbocycles. The van der Waals surface area contributed by atoms with Gasteiger partial charge in [0.05, 0.1) is 10.7 Å². The van der Waals surface area contributed by atoms with E-state index in [9.17, 15) is 4.39 Å². The van der Waals surface area contributed by atoms with Crippen molar-refractivity contribution in [3.05, 3.63) is 59.6 Å². The molecule has 0 saturated heterocycles. The van der Waals surface area contributed by atoms with Crippen molar-refractivity contribution in [2.45, 2.75) is 0 Å². The second-order valence-electron chi connectivity index (χ2n) is 4.35. The van der Waals surface area contributed by atoms with Gasteiger partial charge in [0.25, 0.3) is 0 Å². The van der Waals surface area contributed by atoms with Crippen LogP contribution in [0.2, 0.25) is 5.02 Å². The van der Waals surface area contributed by atoms with Gasteiger partial charge in [-0.2, -0.15) is 0 Å². The third-order valence-electron chi connectivity index (χ3n) is 3.07. The number of nitrogens with zero attached hydrogens (tertiary/aromatic N) is 1. The molecule has 3 rings (SSSR count). The van der Waals surface area contributed by atoms with Crippen molar-refractivity contribution in [2.75, 3.05) is 11.1 Å². The Hall–Kier alpha value is -2.33. The number of benzene rings is 2. The molecular formula is C15H11ClFN3. The predicted octanol–water partition coefficient (Wildman–Crippen LogP) is 4.35. The van der Waals surface area contributed by atoms with Gasteiger partial charge in [-0.15, -0.1) is 0 Å². The molecule has 0 bridgehead atoms. The predicted molar refractivity (Wildman–Crippen MR) is 80.8 cm³/mol. The van der Waals surface area contributed by atoms with Gasteiger partial charge in [0.2, 0.25) is 0 Å². The van der Waals surface area contributed by atoms with Crippen molar-refractivity contribution in [3.63, 3.8) is 0 Å². The molecule has 0 atom stereocenters. The normalized spacial score (nSPS) is 10.7. The molecule has 0 aliphatic rings. The Morgan fingerprint density at radius 3 is 2.75 bits per heavy atom. The van der Waals surface area contributed by atoms with Crippen LogP contribution in [0.5, 0.6) is 0 Å². The van der Waals surface area contributed by atoms with Gasteiger partial charge < -0.3 is 11.1 Å². The number of aromatic nitrogens is 1. The zero-order valence-corrected chi connectivity index (χ0v) is 11.2. The van der Waals surface area contributed by atoms with E-state index in [4.69, 9.17) is 17.3 Å². The average Bonchev–Trinajstić information content (AvgIpc) is 2.47. The topological polar surface area (TPSA) is 50.9 Å². The Bertz CT molecular complexity index is 789. The maximum atomic E-state index is 13.9. The molecule has 3 aromatic rings. The summed E-state index contributed by atoms with van der Waals surface area (Å²) in [5, 5.41) is 4.80. The van der Waals surface area contributed by atoms with Crippen LogP contribution in [0.1, 0.15) is 0 Å². The van der Waals surface area contributed by atoms with Gasteiger partial charge in [-0.25, -0.2) is 4.39 Å². The summed E-state index contributed by atoms with van der Waals surface area (Å²) >= 11 is 5.78. The second kappa shape index (κ2) is 4.98. The van der Waals surface area contributed by atoms with Gasteiger partial charge in [-0.05, 0) is 30.3 Å². The van der Waals surface area contributed by atoms with E-state index in [-0.39, 0.29) is 5.02 Å². The highest BCUT2D eigenvalue weighted by molar-refractivity contribution is 6.31. The first-order valence-corrected chi connectivity index (χ1v) is 6.38. The van der Waals surface area contributed by atoms with Crippen LogP contribution in [0.15, 0.2) is 48.8 Å². The van der Waals surface area contributed by atoms with E-state index in [1.165, 1.54) is 6.07 Å². The molecule has 20 heavy (non-hydrogen) atoms. The monoisotopic (exact) mass is 287 g/mol. The van der Waals surface area contributed by atoms with Gasteiger partial charge in [0.1, 0.15) is 0 Å². The fraction of sp³-hybridized carbons (Fsp3) is 0. The van der Waals surface area contributed by atoms with Gasteiger partial charge in [0, 0.05) is 34.5 Å². The highest BCUT2D eigenvalue weighted by Crippen LogP contribution is 2.31. The SMILES string of the molecule is Nc1ccc(Nc2cccc(Cl)c2F)c2cnccc12. The highest BCUT2D eigenvalue weighted by Gasteiger charge is 2.09. The van der Waals surface area contributed by atoms with E-state index in [1.54, 1.807) is 36.7 Å². The molecule has 0 unspecified atom stereocenters. The number of nitrogens with one attached hydrogen (secondary N) is 1. The van der Waals surface area contributed by atoms with E-state index >= 15 is 0 Å². The van der Waals surface area contributed by atoms with Crippen LogP contribution in [0, 0.1) is 5.82 Å². The number of halogens is 2. The van der Waals surface area contributed by atoms with Crippen molar-refractivity contribution in [1.82, 2.24) is 4.98 Å². The number of hydrogen-bond donors (Lipinski definition) is 2. The summed E-state index contributed by atoms with van der Waals surface area (Å²) in [5.41, 5.74) is 7.61. The van der Waals surface area contributed by atoms with Crippen LogP contribution in [0.4, 0.5) is 21.5 Å². The number of anilines is 3. The molecule has 5 heteroatoms. The third-order valence-corrected chi connectivity index (χ3v) is 3.36. The van der Waals surface area contributed by atoms with Crippen LogP contribution < -0.4 is 11.1 Å². The molecule has 1 heterocycles. The summed E-state index contributed by atoms with van der Waals surface area (Å²) in [5.74, 6) is -0.483. The smallest absolute Gasteiger partial charge is 0.165 e. The first-order valence-electron chi connectivity index (χ1n) is 6.00. The lowest BCUT2D eigenvalue weighted by atomic mass is 10.1. The standard InChI is InChI=1S/C15H11ClFN3/c16-11-2-1-3-14(15(11)17)20-13-5-4-12(18)9-6-7-19-8-10(9)13/h1-8,20H,18H2. The van der Waals surface area contributed by atoms with Crippen LogP contribution in [-0.2, 0) is 0 Å². The van der Waals surface area contributed by atoms with Crippen LogP contribution >= 0.6 is 11.6 Å². The largest absolute Gasteiger partial charge is 0.398 e. The van der Waals surface area contributed by atoms with E-state index in [2.05, 4.69) is 10.3 Å². The lowest BCUT2D eigenvalue weighted by molar-refractivity contribution is 0.632. The molecule has 0 fully saturated rings. The maximum Gasteiger partial charge on any atom is 0.165 e. The highest BCUT2D eigenvalue weighted by atomic mass is 35.5.